The maximum atomic E-state index is 14.6. The molecule has 2 aromatic heterocycles. The Balaban J connectivity index is 1.12. The molecule has 7 nitrogen and oxygen atoms in total. The van der Waals surface area contributed by atoms with Crippen LogP contribution in [0.25, 0.3) is 11.3 Å². The van der Waals surface area contributed by atoms with Crippen LogP contribution in [0.3, 0.4) is 0 Å². The highest BCUT2D eigenvalue weighted by molar-refractivity contribution is 5.95. The largest absolute Gasteiger partial charge is 0.489 e. The van der Waals surface area contributed by atoms with Gasteiger partial charge in [0.25, 0.3) is 5.91 Å². The molecule has 11 heteroatoms. The third-order valence-electron chi connectivity index (χ3n) is 7.71. The Morgan fingerprint density at radius 2 is 1.80 bits per heavy atom. The summed E-state index contributed by atoms with van der Waals surface area (Å²) in [5.41, 5.74) is 0.164. The molecule has 0 bridgehead atoms. The van der Waals surface area contributed by atoms with Crippen molar-refractivity contribution >= 4 is 5.91 Å². The minimum absolute atomic E-state index is 0.0946. The molecule has 1 amide bonds. The first kappa shape index (κ1) is 26.8. The van der Waals surface area contributed by atoms with E-state index in [0.29, 0.717) is 37.2 Å². The van der Waals surface area contributed by atoms with E-state index in [4.69, 9.17) is 9.47 Å². The highest BCUT2D eigenvalue weighted by Gasteiger charge is 2.56. The maximum absolute atomic E-state index is 14.6. The van der Waals surface area contributed by atoms with Crippen LogP contribution in [0.2, 0.25) is 0 Å². The summed E-state index contributed by atoms with van der Waals surface area (Å²) in [7, 11) is 1.40. The second kappa shape index (κ2) is 10.2. The fourth-order valence-electron chi connectivity index (χ4n) is 5.71. The van der Waals surface area contributed by atoms with Gasteiger partial charge in [-0.15, -0.1) is 0 Å². The summed E-state index contributed by atoms with van der Waals surface area (Å²) in [6.45, 7) is 0.947. The van der Waals surface area contributed by atoms with Crippen LogP contribution in [-0.2, 0) is 12.8 Å². The average Bonchev–Trinajstić information content (AvgIpc) is 3.37. The van der Waals surface area contributed by atoms with Gasteiger partial charge in [0.15, 0.2) is 0 Å². The van der Waals surface area contributed by atoms with Gasteiger partial charge in [-0.25, -0.2) is 9.37 Å². The number of rotatable bonds is 7. The summed E-state index contributed by atoms with van der Waals surface area (Å²) in [6, 6.07) is 17.3. The van der Waals surface area contributed by atoms with E-state index in [1.165, 1.54) is 36.4 Å². The molecule has 1 saturated carbocycles. The summed E-state index contributed by atoms with van der Waals surface area (Å²) in [4.78, 5) is 18.7. The van der Waals surface area contributed by atoms with E-state index in [-0.39, 0.29) is 29.2 Å². The number of nitrogens with zero attached hydrogens (tertiary/aromatic N) is 4. The molecule has 41 heavy (non-hydrogen) atoms. The molecule has 0 atom stereocenters. The highest BCUT2D eigenvalue weighted by atomic mass is 19.4. The van der Waals surface area contributed by atoms with E-state index >= 15 is 0 Å². The number of methoxy groups -OCH3 is 1. The van der Waals surface area contributed by atoms with E-state index in [9.17, 15) is 22.4 Å². The van der Waals surface area contributed by atoms with Crippen LogP contribution in [0.15, 0.2) is 72.9 Å². The number of benzene rings is 2. The number of likely N-dealkylation sites (tertiary alicyclic amines) is 1. The molecule has 2 fully saturated rings. The summed E-state index contributed by atoms with van der Waals surface area (Å²) in [6.07, 6.45) is -2.26. The Labute approximate surface area is 233 Å². The first-order valence-electron chi connectivity index (χ1n) is 13.1. The van der Waals surface area contributed by atoms with Crippen molar-refractivity contribution in [2.24, 2.45) is 5.41 Å². The third kappa shape index (κ3) is 5.12. The number of hydrogen-bond donors (Lipinski definition) is 0. The molecular weight excluding hydrogens is 540 g/mol. The molecular formula is C30H26F4N4O3. The van der Waals surface area contributed by atoms with Crippen molar-refractivity contribution in [3.8, 4) is 22.9 Å². The summed E-state index contributed by atoms with van der Waals surface area (Å²) >= 11 is 0. The molecule has 0 unspecified atom stereocenters. The normalized spacial score (nSPS) is 16.3. The van der Waals surface area contributed by atoms with Crippen molar-refractivity contribution in [2.75, 3.05) is 20.2 Å². The fraction of sp³-hybridized carbons (Fsp3) is 0.300. The molecule has 0 N–H and O–H groups in total. The summed E-state index contributed by atoms with van der Waals surface area (Å²) in [5, 5.41) is 4.30. The predicted octanol–water partition coefficient (Wildman–Crippen LogP) is 6.17. The van der Waals surface area contributed by atoms with Crippen LogP contribution >= 0.6 is 0 Å². The second-order valence-electron chi connectivity index (χ2n) is 10.6. The highest BCUT2D eigenvalue weighted by Crippen LogP contribution is 2.55. The monoisotopic (exact) mass is 566 g/mol. The molecule has 3 heterocycles. The third-order valence-corrected chi connectivity index (χ3v) is 7.71. The van der Waals surface area contributed by atoms with Crippen LogP contribution in [0.4, 0.5) is 17.6 Å². The Hall–Kier alpha value is -4.41. The van der Waals surface area contributed by atoms with Gasteiger partial charge in [0.1, 0.15) is 23.9 Å². The number of pyridine rings is 1. The Kier molecular flexibility index (Phi) is 6.67. The molecule has 2 aliphatic rings. The first-order chi connectivity index (χ1) is 19.7. The molecule has 1 aliphatic heterocycles. The van der Waals surface area contributed by atoms with Gasteiger partial charge in [-0.05, 0) is 54.8 Å². The van der Waals surface area contributed by atoms with E-state index in [1.807, 2.05) is 30.3 Å². The van der Waals surface area contributed by atoms with E-state index in [2.05, 4.69) is 10.1 Å². The van der Waals surface area contributed by atoms with Crippen molar-refractivity contribution in [3.05, 3.63) is 95.6 Å². The van der Waals surface area contributed by atoms with E-state index in [0.717, 1.165) is 16.3 Å². The molecule has 212 valence electrons. The van der Waals surface area contributed by atoms with Gasteiger partial charge >= 0.3 is 6.18 Å². The fourth-order valence-corrected chi connectivity index (χ4v) is 5.71. The van der Waals surface area contributed by atoms with Gasteiger partial charge in [0, 0.05) is 24.7 Å². The smallest absolute Gasteiger partial charge is 0.433 e. The van der Waals surface area contributed by atoms with Gasteiger partial charge in [0.05, 0.1) is 30.0 Å². The lowest BCUT2D eigenvalue weighted by Gasteiger charge is -2.59. The topological polar surface area (TPSA) is 69.5 Å². The van der Waals surface area contributed by atoms with Gasteiger partial charge in [-0.3, -0.25) is 9.48 Å². The van der Waals surface area contributed by atoms with Crippen LogP contribution in [-0.4, -0.2) is 45.8 Å². The lowest BCUT2D eigenvalue weighted by Crippen LogP contribution is -2.64. The van der Waals surface area contributed by atoms with E-state index < -0.39 is 29.6 Å². The Bertz CT molecular complexity index is 1570. The standard InChI is InChI=1S/C30H26F4N4O3/c1-40-27-22(8-5-11-35-27)25-13-26(30(32,33)34)38(36-25)20-14-29(15-20)17-37(18-29)28(39)23-12-21(9-10-24(23)31)41-16-19-6-3-2-4-7-19/h2-13,20H,14-18H2,1H3. The Morgan fingerprint density at radius 3 is 2.51 bits per heavy atom. The lowest BCUT2D eigenvalue weighted by atomic mass is 9.60. The summed E-state index contributed by atoms with van der Waals surface area (Å²) in [5.74, 6) is -0.565. The Morgan fingerprint density at radius 1 is 1.05 bits per heavy atom. The van der Waals surface area contributed by atoms with Gasteiger partial charge < -0.3 is 14.4 Å². The maximum Gasteiger partial charge on any atom is 0.433 e. The number of ether oxygens (including phenoxy) is 2. The first-order valence-corrected chi connectivity index (χ1v) is 13.1. The van der Waals surface area contributed by atoms with Crippen molar-refractivity contribution in [3.63, 3.8) is 0 Å². The number of hydrogen-bond acceptors (Lipinski definition) is 5. The number of carbonyl (C=O) groups is 1. The predicted molar refractivity (Wildman–Crippen MR) is 141 cm³/mol. The zero-order valence-corrected chi connectivity index (χ0v) is 22.1. The molecule has 4 aromatic rings. The summed E-state index contributed by atoms with van der Waals surface area (Å²) < 4.78 is 68.4. The van der Waals surface area contributed by atoms with Crippen LogP contribution in [0, 0.1) is 11.2 Å². The van der Waals surface area contributed by atoms with Gasteiger partial charge in [0.2, 0.25) is 5.88 Å². The molecule has 0 radical (unpaired) electrons. The number of amides is 1. The number of carbonyl (C=O) groups excluding carboxylic acids is 1. The minimum Gasteiger partial charge on any atom is -0.489 e. The van der Waals surface area contributed by atoms with Gasteiger partial charge in [-0.2, -0.15) is 18.3 Å². The molecule has 1 aliphatic carbocycles. The quantitative estimate of drug-likeness (QED) is 0.251. The molecule has 1 spiro atoms. The second-order valence-corrected chi connectivity index (χ2v) is 10.6. The SMILES string of the molecule is COc1ncccc1-c1cc(C(F)(F)F)n(C2CC3(C2)CN(C(=O)c2cc(OCc4ccccc4)ccc2F)C3)n1. The zero-order chi connectivity index (χ0) is 28.8. The lowest BCUT2D eigenvalue weighted by molar-refractivity contribution is -0.149. The van der Waals surface area contributed by atoms with Crippen LogP contribution < -0.4 is 9.47 Å². The number of aromatic nitrogens is 3. The molecule has 1 saturated heterocycles. The average molecular weight is 567 g/mol. The van der Waals surface area contributed by atoms with E-state index in [1.54, 1.807) is 12.1 Å². The van der Waals surface area contributed by atoms with Crippen molar-refractivity contribution in [1.29, 1.82) is 0 Å². The van der Waals surface area contributed by atoms with Crippen molar-refractivity contribution in [1.82, 2.24) is 19.7 Å². The number of alkyl halides is 3. The minimum atomic E-state index is -4.60. The molecule has 2 aromatic carbocycles. The van der Waals surface area contributed by atoms with Crippen LogP contribution in [0.5, 0.6) is 11.6 Å². The van der Waals surface area contributed by atoms with Gasteiger partial charge in [-0.1, -0.05) is 30.3 Å². The molecule has 6 rings (SSSR count). The van der Waals surface area contributed by atoms with Crippen molar-refractivity contribution < 1.29 is 31.8 Å². The van der Waals surface area contributed by atoms with Crippen molar-refractivity contribution in [2.45, 2.75) is 31.7 Å². The zero-order valence-electron chi connectivity index (χ0n) is 22.1. The number of halogens is 4. The van der Waals surface area contributed by atoms with Crippen LogP contribution in [0.1, 0.15) is 40.5 Å².